The van der Waals surface area contributed by atoms with Gasteiger partial charge in [0.1, 0.15) is 17.4 Å². The second-order valence-electron chi connectivity index (χ2n) is 7.38. The summed E-state index contributed by atoms with van der Waals surface area (Å²) in [5.41, 5.74) is 1.73. The molecule has 2 heterocycles. The number of ether oxygens (including phenoxy) is 1. The first-order chi connectivity index (χ1) is 15.1. The summed E-state index contributed by atoms with van der Waals surface area (Å²) < 4.78 is 7.26. The van der Waals surface area contributed by atoms with Gasteiger partial charge in [-0.2, -0.15) is 5.10 Å². The number of anilines is 1. The van der Waals surface area contributed by atoms with E-state index in [2.05, 4.69) is 20.4 Å². The number of para-hydroxylation sites is 1. The van der Waals surface area contributed by atoms with Crippen LogP contribution in [-0.2, 0) is 6.54 Å². The standard InChI is InChI=1S/C24H25N5O2/c1-17-8-3-6-11-22(17)31-13-7-12-25-23-14-20(27-18(2)28-23)16-29-24(30)21-10-5-4-9-19(21)15-26-29/h3-6,8-11,14-15H,7,12-13,16H2,1-2H3,(H,25,27,28). The zero-order valence-corrected chi connectivity index (χ0v) is 17.7. The van der Waals surface area contributed by atoms with Gasteiger partial charge in [-0.05, 0) is 38.0 Å². The molecule has 7 heteroatoms. The summed E-state index contributed by atoms with van der Waals surface area (Å²) in [6.45, 7) is 5.50. The molecule has 0 aliphatic rings. The van der Waals surface area contributed by atoms with E-state index in [0.717, 1.165) is 41.2 Å². The van der Waals surface area contributed by atoms with Crippen LogP contribution < -0.4 is 15.6 Å². The highest BCUT2D eigenvalue weighted by Crippen LogP contribution is 2.16. The van der Waals surface area contributed by atoms with Gasteiger partial charge in [-0.1, -0.05) is 36.4 Å². The van der Waals surface area contributed by atoms with Crippen molar-refractivity contribution in [3.05, 3.63) is 88.2 Å². The molecule has 0 spiro atoms. The van der Waals surface area contributed by atoms with Crippen LogP contribution in [0.4, 0.5) is 5.82 Å². The van der Waals surface area contributed by atoms with E-state index in [0.29, 0.717) is 17.8 Å². The Bertz CT molecular complexity index is 1250. The van der Waals surface area contributed by atoms with E-state index in [1.165, 1.54) is 4.68 Å². The summed E-state index contributed by atoms with van der Waals surface area (Å²) in [6.07, 6.45) is 2.54. The van der Waals surface area contributed by atoms with Gasteiger partial charge >= 0.3 is 0 Å². The fourth-order valence-corrected chi connectivity index (χ4v) is 3.38. The van der Waals surface area contributed by atoms with Crippen LogP contribution in [0.15, 0.2) is 65.6 Å². The number of fused-ring (bicyclic) bond motifs is 1. The fourth-order valence-electron chi connectivity index (χ4n) is 3.38. The number of nitrogens with one attached hydrogen (secondary N) is 1. The molecule has 0 saturated heterocycles. The monoisotopic (exact) mass is 415 g/mol. The molecule has 0 aliphatic heterocycles. The Hall–Kier alpha value is -3.74. The van der Waals surface area contributed by atoms with Crippen LogP contribution in [0.3, 0.4) is 0 Å². The Balaban J connectivity index is 1.38. The molecule has 2 aromatic carbocycles. The lowest BCUT2D eigenvalue weighted by Crippen LogP contribution is -2.24. The summed E-state index contributed by atoms with van der Waals surface area (Å²) >= 11 is 0. The third-order valence-electron chi connectivity index (χ3n) is 4.94. The number of hydrogen-bond acceptors (Lipinski definition) is 6. The Morgan fingerprint density at radius 3 is 2.71 bits per heavy atom. The quantitative estimate of drug-likeness (QED) is 0.442. The number of nitrogens with zero attached hydrogens (tertiary/aromatic N) is 4. The molecule has 2 aromatic heterocycles. The fraction of sp³-hybridized carbons (Fsp3) is 0.250. The molecule has 0 fully saturated rings. The molecule has 4 rings (SSSR count). The number of benzene rings is 2. The van der Waals surface area contributed by atoms with E-state index in [4.69, 9.17) is 4.74 Å². The Morgan fingerprint density at radius 2 is 1.84 bits per heavy atom. The molecule has 0 radical (unpaired) electrons. The average Bonchev–Trinajstić information content (AvgIpc) is 2.76. The van der Waals surface area contributed by atoms with E-state index in [1.54, 1.807) is 6.20 Å². The van der Waals surface area contributed by atoms with E-state index in [-0.39, 0.29) is 12.1 Å². The molecule has 158 valence electrons. The Labute approximate surface area is 180 Å². The van der Waals surface area contributed by atoms with Crippen LogP contribution in [0.5, 0.6) is 5.75 Å². The summed E-state index contributed by atoms with van der Waals surface area (Å²) in [5, 5.41) is 9.09. The van der Waals surface area contributed by atoms with E-state index >= 15 is 0 Å². The van der Waals surface area contributed by atoms with Crippen molar-refractivity contribution in [2.24, 2.45) is 0 Å². The minimum Gasteiger partial charge on any atom is -0.493 e. The minimum atomic E-state index is -0.128. The maximum Gasteiger partial charge on any atom is 0.274 e. The number of rotatable bonds is 8. The molecular formula is C24H25N5O2. The molecule has 0 amide bonds. The topological polar surface area (TPSA) is 81.9 Å². The van der Waals surface area contributed by atoms with Crippen LogP contribution >= 0.6 is 0 Å². The van der Waals surface area contributed by atoms with Crippen LogP contribution in [0.1, 0.15) is 23.5 Å². The van der Waals surface area contributed by atoms with Crippen LogP contribution in [0, 0.1) is 13.8 Å². The van der Waals surface area contributed by atoms with E-state index in [9.17, 15) is 4.79 Å². The molecule has 1 N–H and O–H groups in total. The van der Waals surface area contributed by atoms with Gasteiger partial charge in [0.25, 0.3) is 5.56 Å². The number of hydrogen-bond donors (Lipinski definition) is 1. The normalized spacial score (nSPS) is 10.9. The van der Waals surface area contributed by atoms with Crippen molar-refractivity contribution < 1.29 is 4.74 Å². The molecule has 0 bridgehead atoms. The first-order valence-corrected chi connectivity index (χ1v) is 10.3. The van der Waals surface area contributed by atoms with Gasteiger partial charge in [0.15, 0.2) is 0 Å². The van der Waals surface area contributed by atoms with Crippen molar-refractivity contribution in [2.75, 3.05) is 18.5 Å². The molecule has 4 aromatic rings. The zero-order chi connectivity index (χ0) is 21.6. The molecule has 7 nitrogen and oxygen atoms in total. The maximum absolute atomic E-state index is 12.7. The SMILES string of the molecule is Cc1nc(Cn2ncc3ccccc3c2=O)cc(NCCCOc2ccccc2C)n1. The summed E-state index contributed by atoms with van der Waals surface area (Å²) in [4.78, 5) is 21.6. The smallest absolute Gasteiger partial charge is 0.274 e. The van der Waals surface area contributed by atoms with Crippen molar-refractivity contribution in [3.8, 4) is 5.75 Å². The largest absolute Gasteiger partial charge is 0.493 e. The first kappa shape index (κ1) is 20.5. The molecule has 0 atom stereocenters. The zero-order valence-electron chi connectivity index (χ0n) is 17.7. The summed E-state index contributed by atoms with van der Waals surface area (Å²) in [7, 11) is 0. The van der Waals surface area contributed by atoms with Crippen LogP contribution in [0.25, 0.3) is 10.8 Å². The Kier molecular flexibility index (Phi) is 6.21. The molecular weight excluding hydrogens is 390 g/mol. The minimum absolute atomic E-state index is 0.128. The van der Waals surface area contributed by atoms with Crippen molar-refractivity contribution >= 4 is 16.6 Å². The summed E-state index contributed by atoms with van der Waals surface area (Å²) in [5.74, 6) is 2.29. The molecule has 0 unspecified atom stereocenters. The average molecular weight is 415 g/mol. The van der Waals surface area contributed by atoms with Gasteiger partial charge in [-0.15, -0.1) is 0 Å². The van der Waals surface area contributed by atoms with Gasteiger partial charge in [-0.3, -0.25) is 4.79 Å². The number of aromatic nitrogens is 4. The molecule has 0 saturated carbocycles. The van der Waals surface area contributed by atoms with Crippen molar-refractivity contribution in [1.29, 1.82) is 0 Å². The van der Waals surface area contributed by atoms with Gasteiger partial charge in [0.05, 0.1) is 30.4 Å². The maximum atomic E-state index is 12.7. The predicted octanol–water partition coefficient (Wildman–Crippen LogP) is 3.73. The van der Waals surface area contributed by atoms with Gasteiger partial charge in [0.2, 0.25) is 0 Å². The van der Waals surface area contributed by atoms with Gasteiger partial charge in [-0.25, -0.2) is 14.6 Å². The summed E-state index contributed by atoms with van der Waals surface area (Å²) in [6, 6.07) is 17.3. The third-order valence-corrected chi connectivity index (χ3v) is 4.94. The van der Waals surface area contributed by atoms with Crippen molar-refractivity contribution in [3.63, 3.8) is 0 Å². The van der Waals surface area contributed by atoms with Crippen LogP contribution in [0.2, 0.25) is 0 Å². The predicted molar refractivity (Wildman–Crippen MR) is 122 cm³/mol. The molecule has 31 heavy (non-hydrogen) atoms. The molecule has 0 aliphatic carbocycles. The van der Waals surface area contributed by atoms with Crippen molar-refractivity contribution in [1.82, 2.24) is 19.7 Å². The second kappa shape index (κ2) is 9.38. The van der Waals surface area contributed by atoms with Crippen LogP contribution in [-0.4, -0.2) is 32.9 Å². The van der Waals surface area contributed by atoms with Gasteiger partial charge in [0, 0.05) is 18.0 Å². The van der Waals surface area contributed by atoms with Gasteiger partial charge < -0.3 is 10.1 Å². The lowest BCUT2D eigenvalue weighted by Gasteiger charge is -2.11. The third kappa shape index (κ3) is 5.06. The van der Waals surface area contributed by atoms with Crippen molar-refractivity contribution in [2.45, 2.75) is 26.8 Å². The number of aryl methyl sites for hydroxylation is 2. The highest BCUT2D eigenvalue weighted by molar-refractivity contribution is 5.80. The Morgan fingerprint density at radius 1 is 1.03 bits per heavy atom. The van der Waals surface area contributed by atoms with E-state index in [1.807, 2.05) is 68.4 Å². The second-order valence-corrected chi connectivity index (χ2v) is 7.38. The first-order valence-electron chi connectivity index (χ1n) is 10.3. The van der Waals surface area contributed by atoms with E-state index < -0.39 is 0 Å². The highest BCUT2D eigenvalue weighted by Gasteiger charge is 2.08. The highest BCUT2D eigenvalue weighted by atomic mass is 16.5. The lowest BCUT2D eigenvalue weighted by molar-refractivity contribution is 0.313. The lowest BCUT2D eigenvalue weighted by atomic mass is 10.2.